The number of fused-ring (bicyclic) bond motifs is 7. The van der Waals surface area contributed by atoms with E-state index in [4.69, 9.17) is 15.0 Å². The fourth-order valence-corrected chi connectivity index (χ4v) is 10.1. The van der Waals surface area contributed by atoms with Gasteiger partial charge in [-0.2, -0.15) is 0 Å². The molecule has 0 N–H and O–H groups in total. The molecule has 0 spiro atoms. The second-order valence-corrected chi connectivity index (χ2v) is 16.6. The zero-order chi connectivity index (χ0) is 41.0. The molecule has 12 rings (SSSR count). The van der Waals surface area contributed by atoms with Gasteiger partial charge in [0.1, 0.15) is 0 Å². The molecular weight excluding hydrogens is 773 g/mol. The molecule has 0 saturated heterocycles. The third-order valence-corrected chi connectivity index (χ3v) is 13.0. The Balaban J connectivity index is 1.21. The molecule has 290 valence electrons. The number of rotatable bonds is 7. The van der Waals surface area contributed by atoms with Crippen molar-refractivity contribution >= 4 is 53.3 Å². The average molecular weight is 809 g/mol. The van der Waals surface area contributed by atoms with E-state index in [1.165, 1.54) is 48.4 Å². The summed E-state index contributed by atoms with van der Waals surface area (Å²) in [6, 6.07) is 77.6. The minimum absolute atomic E-state index is 0.639. The van der Waals surface area contributed by atoms with E-state index in [-0.39, 0.29) is 0 Å². The normalized spacial score (nSPS) is 11.5. The highest BCUT2D eigenvalue weighted by molar-refractivity contribution is 7.26. The smallest absolute Gasteiger partial charge is 0.165 e. The summed E-state index contributed by atoms with van der Waals surface area (Å²) in [6.45, 7) is 0. The first-order valence-corrected chi connectivity index (χ1v) is 21.7. The number of thiophene rings is 1. The van der Waals surface area contributed by atoms with Gasteiger partial charge in [0.05, 0.1) is 11.0 Å². The molecule has 5 heteroatoms. The molecule has 0 bridgehead atoms. The van der Waals surface area contributed by atoms with Gasteiger partial charge >= 0.3 is 0 Å². The fourth-order valence-electron chi connectivity index (χ4n) is 8.93. The molecule has 0 radical (unpaired) electrons. The molecule has 0 fully saturated rings. The Morgan fingerprint density at radius 2 is 0.790 bits per heavy atom. The zero-order valence-electron chi connectivity index (χ0n) is 33.5. The van der Waals surface area contributed by atoms with Crippen molar-refractivity contribution in [2.75, 3.05) is 0 Å². The Bertz CT molecular complexity index is 3480. The molecule has 12 aromatic rings. The standard InChI is InChI=1S/C57H36N4S/c1-6-18-37(19-7-1)41-32-42(38-20-8-2-9-21-38)34-43(33-41)44-35-47-53-51(31-30-50-52(53)46-28-16-17-29-49(46)61(50)45-26-14-5-15-27-45)62-54(47)48(36-44)57-59-55(39-22-10-3-11-23-39)58-56(60-57)40-24-12-4-13-25-40/h1-36H. The number of benzene rings is 9. The number of para-hydroxylation sites is 2. The summed E-state index contributed by atoms with van der Waals surface area (Å²) >= 11 is 1.81. The zero-order valence-corrected chi connectivity index (χ0v) is 34.3. The maximum absolute atomic E-state index is 5.32. The molecule has 0 aliphatic heterocycles. The maximum atomic E-state index is 5.32. The molecule has 0 unspecified atom stereocenters. The fraction of sp³-hybridized carbons (Fsp3) is 0. The van der Waals surface area contributed by atoms with Crippen LogP contribution in [0.2, 0.25) is 0 Å². The van der Waals surface area contributed by atoms with E-state index in [9.17, 15) is 0 Å². The number of nitrogens with zero attached hydrogens (tertiary/aromatic N) is 4. The van der Waals surface area contributed by atoms with Crippen LogP contribution < -0.4 is 0 Å². The van der Waals surface area contributed by atoms with Crippen molar-refractivity contribution in [2.24, 2.45) is 0 Å². The monoisotopic (exact) mass is 808 g/mol. The summed E-state index contributed by atoms with van der Waals surface area (Å²) in [5.74, 6) is 1.92. The van der Waals surface area contributed by atoms with Crippen LogP contribution in [0.3, 0.4) is 0 Å². The van der Waals surface area contributed by atoms with Gasteiger partial charge in [-0.25, -0.2) is 15.0 Å². The molecule has 3 aromatic heterocycles. The van der Waals surface area contributed by atoms with Gasteiger partial charge < -0.3 is 4.57 Å². The predicted octanol–water partition coefficient (Wildman–Crippen LogP) is 15.3. The van der Waals surface area contributed by atoms with E-state index in [1.807, 2.05) is 47.7 Å². The van der Waals surface area contributed by atoms with Crippen LogP contribution in [-0.4, -0.2) is 19.5 Å². The molecule has 62 heavy (non-hydrogen) atoms. The Morgan fingerprint density at radius 1 is 0.323 bits per heavy atom. The van der Waals surface area contributed by atoms with Crippen LogP contribution in [-0.2, 0) is 0 Å². The van der Waals surface area contributed by atoms with Crippen LogP contribution in [0.25, 0.3) is 115 Å². The molecular formula is C57H36N4S. The summed E-state index contributed by atoms with van der Waals surface area (Å²) < 4.78 is 4.75. The highest BCUT2D eigenvalue weighted by Gasteiger charge is 2.23. The van der Waals surface area contributed by atoms with E-state index < -0.39 is 0 Å². The van der Waals surface area contributed by atoms with Crippen LogP contribution in [0, 0.1) is 0 Å². The highest BCUT2D eigenvalue weighted by Crippen LogP contribution is 2.48. The first kappa shape index (κ1) is 35.9. The van der Waals surface area contributed by atoms with Crippen molar-refractivity contribution in [3.8, 4) is 73.2 Å². The molecule has 0 atom stereocenters. The Morgan fingerprint density at radius 3 is 1.37 bits per heavy atom. The van der Waals surface area contributed by atoms with Crippen LogP contribution >= 0.6 is 11.3 Å². The van der Waals surface area contributed by atoms with Crippen molar-refractivity contribution in [3.63, 3.8) is 0 Å². The van der Waals surface area contributed by atoms with Gasteiger partial charge in [0.2, 0.25) is 0 Å². The number of aromatic nitrogens is 4. The van der Waals surface area contributed by atoms with Crippen LogP contribution in [0.1, 0.15) is 0 Å². The van der Waals surface area contributed by atoms with Crippen LogP contribution in [0.5, 0.6) is 0 Å². The maximum Gasteiger partial charge on any atom is 0.165 e. The van der Waals surface area contributed by atoms with E-state index >= 15 is 0 Å². The van der Waals surface area contributed by atoms with Gasteiger partial charge in [0.15, 0.2) is 17.5 Å². The Kier molecular flexibility index (Phi) is 8.65. The van der Waals surface area contributed by atoms with E-state index in [0.717, 1.165) is 49.3 Å². The lowest BCUT2D eigenvalue weighted by Crippen LogP contribution is -2.00. The summed E-state index contributed by atoms with van der Waals surface area (Å²) in [7, 11) is 0. The molecule has 9 aromatic carbocycles. The van der Waals surface area contributed by atoms with Gasteiger partial charge in [0.25, 0.3) is 0 Å². The molecule has 0 amide bonds. The molecule has 0 aliphatic rings. The van der Waals surface area contributed by atoms with Gasteiger partial charge in [-0.1, -0.05) is 158 Å². The molecule has 0 saturated carbocycles. The van der Waals surface area contributed by atoms with Gasteiger partial charge in [-0.05, 0) is 94.0 Å². The van der Waals surface area contributed by atoms with Gasteiger partial charge in [-0.3, -0.25) is 0 Å². The van der Waals surface area contributed by atoms with Crippen molar-refractivity contribution in [1.29, 1.82) is 0 Å². The lowest BCUT2D eigenvalue weighted by Gasteiger charge is -2.14. The summed E-state index contributed by atoms with van der Waals surface area (Å²) in [6.07, 6.45) is 0. The van der Waals surface area contributed by atoms with Gasteiger partial charge in [0, 0.05) is 53.3 Å². The highest BCUT2D eigenvalue weighted by atomic mass is 32.1. The summed E-state index contributed by atoms with van der Waals surface area (Å²) in [5.41, 5.74) is 13.2. The second-order valence-electron chi connectivity index (χ2n) is 15.6. The van der Waals surface area contributed by atoms with E-state index in [1.54, 1.807) is 0 Å². The molecule has 3 heterocycles. The number of hydrogen-bond acceptors (Lipinski definition) is 4. The second kappa shape index (κ2) is 14.9. The molecule has 4 nitrogen and oxygen atoms in total. The Labute approximate surface area is 362 Å². The first-order valence-electron chi connectivity index (χ1n) is 20.8. The van der Waals surface area contributed by atoms with Crippen molar-refractivity contribution in [3.05, 3.63) is 218 Å². The van der Waals surface area contributed by atoms with Gasteiger partial charge in [-0.15, -0.1) is 11.3 Å². The third kappa shape index (κ3) is 6.18. The lowest BCUT2D eigenvalue weighted by molar-refractivity contribution is 1.08. The summed E-state index contributed by atoms with van der Waals surface area (Å²) in [4.78, 5) is 15.7. The lowest BCUT2D eigenvalue weighted by atomic mass is 9.91. The van der Waals surface area contributed by atoms with E-state index in [2.05, 4.69) is 187 Å². The minimum atomic E-state index is 0.639. The molecule has 0 aliphatic carbocycles. The Hall–Kier alpha value is -7.99. The summed E-state index contributed by atoms with van der Waals surface area (Å²) in [5, 5.41) is 4.87. The third-order valence-electron chi connectivity index (χ3n) is 11.8. The average Bonchev–Trinajstić information content (AvgIpc) is 3.90. The van der Waals surface area contributed by atoms with Crippen molar-refractivity contribution < 1.29 is 0 Å². The van der Waals surface area contributed by atoms with Crippen LogP contribution in [0.4, 0.5) is 0 Å². The number of hydrogen-bond donors (Lipinski definition) is 0. The largest absolute Gasteiger partial charge is 0.309 e. The van der Waals surface area contributed by atoms with E-state index in [0.29, 0.717) is 17.5 Å². The quantitative estimate of drug-likeness (QED) is 0.161. The minimum Gasteiger partial charge on any atom is -0.309 e. The van der Waals surface area contributed by atoms with Crippen molar-refractivity contribution in [1.82, 2.24) is 19.5 Å². The van der Waals surface area contributed by atoms with Crippen LogP contribution in [0.15, 0.2) is 218 Å². The van der Waals surface area contributed by atoms with Crippen molar-refractivity contribution in [2.45, 2.75) is 0 Å². The SMILES string of the molecule is c1ccc(-c2cc(-c3ccccc3)cc(-c3cc(-c4nc(-c5ccccc5)nc(-c5ccccc5)n4)c4sc5ccc6c(c7ccccc7n6-c6ccccc6)c5c4c3)c2)cc1. The topological polar surface area (TPSA) is 43.6 Å². The first-order chi connectivity index (χ1) is 30.7. The predicted molar refractivity (Wildman–Crippen MR) is 260 cm³/mol.